The summed E-state index contributed by atoms with van der Waals surface area (Å²) in [6.45, 7) is 6.15. The van der Waals surface area contributed by atoms with Gasteiger partial charge in [0, 0.05) is 6.42 Å². The van der Waals surface area contributed by atoms with E-state index in [9.17, 15) is 0 Å². The second kappa shape index (κ2) is 4.26. The molecule has 1 aromatic heterocycles. The van der Waals surface area contributed by atoms with E-state index in [1.165, 1.54) is 37.7 Å². The largest absolute Gasteiger partial charge is 0.469 e. The van der Waals surface area contributed by atoms with Crippen molar-refractivity contribution >= 4 is 0 Å². The molecule has 1 aliphatic rings. The van der Waals surface area contributed by atoms with E-state index in [-0.39, 0.29) is 0 Å². The van der Waals surface area contributed by atoms with Crippen molar-refractivity contribution in [1.29, 1.82) is 0 Å². The van der Waals surface area contributed by atoms with Gasteiger partial charge in [-0.15, -0.1) is 6.58 Å². The van der Waals surface area contributed by atoms with E-state index in [4.69, 9.17) is 4.42 Å². The molecule has 15 heavy (non-hydrogen) atoms. The molecule has 1 heteroatoms. The van der Waals surface area contributed by atoms with Crippen LogP contribution in [0.1, 0.15) is 43.4 Å². The third-order valence-electron chi connectivity index (χ3n) is 3.76. The van der Waals surface area contributed by atoms with Crippen LogP contribution in [0.4, 0.5) is 0 Å². The maximum absolute atomic E-state index is 5.55. The van der Waals surface area contributed by atoms with Gasteiger partial charge in [0.1, 0.15) is 5.76 Å². The van der Waals surface area contributed by atoms with Crippen LogP contribution in [0.2, 0.25) is 0 Å². The molecule has 2 rings (SSSR count). The molecule has 1 nitrogen and oxygen atoms in total. The predicted molar refractivity (Wildman–Crippen MR) is 62.9 cm³/mol. The summed E-state index contributed by atoms with van der Waals surface area (Å²) in [5.41, 5.74) is 1.59. The first kappa shape index (κ1) is 10.5. The molecule has 0 atom stereocenters. The Bertz CT molecular complexity index is 329. The first-order valence-corrected chi connectivity index (χ1v) is 5.92. The van der Waals surface area contributed by atoms with Crippen LogP contribution in [0.3, 0.4) is 0 Å². The average molecular weight is 204 g/mol. The summed E-state index contributed by atoms with van der Waals surface area (Å²) in [5, 5.41) is 0. The lowest BCUT2D eigenvalue weighted by molar-refractivity contribution is 0.240. The maximum Gasteiger partial charge on any atom is 0.107 e. The zero-order valence-corrected chi connectivity index (χ0v) is 9.59. The zero-order chi connectivity index (χ0) is 10.7. The number of hydrogen-bond donors (Lipinski definition) is 0. The SMILES string of the molecule is C=CC1(Cc2occc2C)CCCCC1. The van der Waals surface area contributed by atoms with Gasteiger partial charge in [0.2, 0.25) is 0 Å². The minimum Gasteiger partial charge on any atom is -0.469 e. The van der Waals surface area contributed by atoms with E-state index in [0.717, 1.165) is 12.2 Å². The van der Waals surface area contributed by atoms with Crippen molar-refractivity contribution in [3.63, 3.8) is 0 Å². The van der Waals surface area contributed by atoms with Crippen LogP contribution in [-0.4, -0.2) is 0 Å². The smallest absolute Gasteiger partial charge is 0.107 e. The van der Waals surface area contributed by atoms with Crippen LogP contribution in [-0.2, 0) is 6.42 Å². The standard InChI is InChI=1S/C14H20O/c1-3-14(8-5-4-6-9-14)11-13-12(2)7-10-15-13/h3,7,10H,1,4-6,8-9,11H2,2H3. The fourth-order valence-electron chi connectivity index (χ4n) is 2.61. The Hall–Kier alpha value is -0.980. The van der Waals surface area contributed by atoms with Crippen molar-refractivity contribution < 1.29 is 4.42 Å². The van der Waals surface area contributed by atoms with Gasteiger partial charge in [-0.3, -0.25) is 0 Å². The quantitative estimate of drug-likeness (QED) is 0.670. The molecule has 1 aliphatic carbocycles. The normalized spacial score (nSPS) is 20.1. The van der Waals surface area contributed by atoms with Gasteiger partial charge in [-0.05, 0) is 36.8 Å². The summed E-state index contributed by atoms with van der Waals surface area (Å²) in [6.07, 6.45) is 11.6. The highest BCUT2D eigenvalue weighted by molar-refractivity contribution is 5.18. The number of rotatable bonds is 3. The minimum absolute atomic E-state index is 0.306. The van der Waals surface area contributed by atoms with Gasteiger partial charge in [-0.2, -0.15) is 0 Å². The molecule has 1 fully saturated rings. The van der Waals surface area contributed by atoms with Crippen molar-refractivity contribution in [3.8, 4) is 0 Å². The zero-order valence-electron chi connectivity index (χ0n) is 9.59. The van der Waals surface area contributed by atoms with Crippen LogP contribution >= 0.6 is 0 Å². The van der Waals surface area contributed by atoms with Crippen LogP contribution in [0.15, 0.2) is 29.4 Å². The van der Waals surface area contributed by atoms with E-state index in [1.54, 1.807) is 6.26 Å². The van der Waals surface area contributed by atoms with Crippen molar-refractivity contribution in [2.45, 2.75) is 45.4 Å². The molecule has 0 radical (unpaired) electrons. The Morgan fingerprint density at radius 2 is 2.13 bits per heavy atom. The first-order chi connectivity index (χ1) is 7.26. The van der Waals surface area contributed by atoms with E-state index in [0.29, 0.717) is 5.41 Å². The van der Waals surface area contributed by atoms with Crippen LogP contribution in [0, 0.1) is 12.3 Å². The highest BCUT2D eigenvalue weighted by Gasteiger charge is 2.30. The number of aryl methyl sites for hydroxylation is 1. The number of allylic oxidation sites excluding steroid dienone is 1. The van der Waals surface area contributed by atoms with E-state index in [2.05, 4.69) is 25.6 Å². The Morgan fingerprint density at radius 1 is 1.40 bits per heavy atom. The molecule has 0 aliphatic heterocycles. The van der Waals surface area contributed by atoms with Gasteiger partial charge in [0.25, 0.3) is 0 Å². The predicted octanol–water partition coefficient (Wildman–Crippen LogP) is 4.27. The van der Waals surface area contributed by atoms with Gasteiger partial charge in [0.05, 0.1) is 6.26 Å². The molecular formula is C14H20O. The summed E-state index contributed by atoms with van der Waals surface area (Å²) < 4.78 is 5.55. The molecule has 0 saturated heterocycles. The van der Waals surface area contributed by atoms with Crippen LogP contribution in [0.25, 0.3) is 0 Å². The topological polar surface area (TPSA) is 13.1 Å². The first-order valence-electron chi connectivity index (χ1n) is 5.92. The Balaban J connectivity index is 2.13. The van der Waals surface area contributed by atoms with E-state index in [1.807, 2.05) is 0 Å². The van der Waals surface area contributed by atoms with E-state index >= 15 is 0 Å². The Kier molecular flexibility index (Phi) is 2.99. The summed E-state index contributed by atoms with van der Waals surface area (Å²) >= 11 is 0. The fourth-order valence-corrected chi connectivity index (χ4v) is 2.61. The average Bonchev–Trinajstić information content (AvgIpc) is 2.66. The monoisotopic (exact) mass is 204 g/mol. The lowest BCUT2D eigenvalue weighted by Crippen LogP contribution is -2.24. The third-order valence-corrected chi connectivity index (χ3v) is 3.76. The molecule has 0 aromatic carbocycles. The number of hydrogen-bond acceptors (Lipinski definition) is 1. The summed E-state index contributed by atoms with van der Waals surface area (Å²) in [6, 6.07) is 2.05. The Morgan fingerprint density at radius 3 is 2.67 bits per heavy atom. The lowest BCUT2D eigenvalue weighted by Gasteiger charge is -2.33. The van der Waals surface area contributed by atoms with Crippen molar-refractivity contribution in [1.82, 2.24) is 0 Å². The van der Waals surface area contributed by atoms with Crippen molar-refractivity contribution in [2.24, 2.45) is 5.41 Å². The van der Waals surface area contributed by atoms with Crippen molar-refractivity contribution in [3.05, 3.63) is 36.3 Å². The highest BCUT2D eigenvalue weighted by atomic mass is 16.3. The lowest BCUT2D eigenvalue weighted by atomic mass is 9.71. The van der Waals surface area contributed by atoms with Gasteiger partial charge in [-0.25, -0.2) is 0 Å². The molecular weight excluding hydrogens is 184 g/mol. The second-order valence-corrected chi connectivity index (χ2v) is 4.83. The second-order valence-electron chi connectivity index (χ2n) is 4.83. The molecule has 1 aromatic rings. The molecule has 0 spiro atoms. The van der Waals surface area contributed by atoms with Gasteiger partial charge < -0.3 is 4.42 Å². The van der Waals surface area contributed by atoms with Gasteiger partial charge >= 0.3 is 0 Å². The molecule has 0 unspecified atom stereocenters. The van der Waals surface area contributed by atoms with Crippen molar-refractivity contribution in [2.75, 3.05) is 0 Å². The molecule has 0 amide bonds. The fraction of sp³-hybridized carbons (Fsp3) is 0.571. The molecule has 0 N–H and O–H groups in total. The van der Waals surface area contributed by atoms with E-state index < -0.39 is 0 Å². The molecule has 0 bridgehead atoms. The summed E-state index contributed by atoms with van der Waals surface area (Å²) in [7, 11) is 0. The number of furan rings is 1. The van der Waals surface area contributed by atoms with Crippen LogP contribution in [0.5, 0.6) is 0 Å². The maximum atomic E-state index is 5.55. The Labute approximate surface area is 92.2 Å². The highest BCUT2D eigenvalue weighted by Crippen LogP contribution is 2.40. The summed E-state index contributed by atoms with van der Waals surface area (Å²) in [5.74, 6) is 1.15. The summed E-state index contributed by atoms with van der Waals surface area (Å²) in [4.78, 5) is 0. The molecule has 82 valence electrons. The van der Waals surface area contributed by atoms with Gasteiger partial charge in [-0.1, -0.05) is 25.3 Å². The molecule has 1 heterocycles. The third kappa shape index (κ3) is 2.17. The van der Waals surface area contributed by atoms with Gasteiger partial charge in [0.15, 0.2) is 0 Å². The minimum atomic E-state index is 0.306. The molecule has 1 saturated carbocycles. The van der Waals surface area contributed by atoms with Crippen LogP contribution < -0.4 is 0 Å².